The predicted octanol–water partition coefficient (Wildman–Crippen LogP) is 0.722. The zero-order valence-corrected chi connectivity index (χ0v) is 13.2. The smallest absolute Gasteiger partial charge is 0.253 e. The largest absolute Gasteiger partial charge is 0.377 e. The number of ether oxygens (including phenoxy) is 1. The van der Waals surface area contributed by atoms with Gasteiger partial charge in [0.1, 0.15) is 0 Å². The van der Waals surface area contributed by atoms with Crippen LogP contribution >= 0.6 is 0 Å². The summed E-state index contributed by atoms with van der Waals surface area (Å²) in [5.41, 5.74) is 6.23. The quantitative estimate of drug-likeness (QED) is 0.888. The molecule has 0 spiro atoms. The maximum atomic E-state index is 12.5. The lowest BCUT2D eigenvalue weighted by molar-refractivity contribution is 0.0432. The van der Waals surface area contributed by atoms with Crippen LogP contribution in [-0.2, 0) is 4.74 Å². The summed E-state index contributed by atoms with van der Waals surface area (Å²) < 4.78 is 5.67. The molecule has 0 aromatic heterocycles. The Morgan fingerprint density at radius 1 is 1.09 bits per heavy atom. The van der Waals surface area contributed by atoms with Crippen LogP contribution in [0.3, 0.4) is 0 Å². The zero-order chi connectivity index (χ0) is 16.2. The first-order valence-corrected chi connectivity index (χ1v) is 8.16. The van der Waals surface area contributed by atoms with E-state index in [0.717, 1.165) is 52.2 Å². The molecule has 1 atom stereocenters. The average molecular weight is 317 g/mol. The number of carbonyl (C=O) groups is 2. The minimum Gasteiger partial charge on any atom is -0.377 e. The van der Waals surface area contributed by atoms with Gasteiger partial charge >= 0.3 is 0 Å². The van der Waals surface area contributed by atoms with Crippen LogP contribution in [0.1, 0.15) is 33.6 Å². The molecular weight excluding hydrogens is 294 g/mol. The van der Waals surface area contributed by atoms with E-state index in [4.69, 9.17) is 10.5 Å². The first-order chi connectivity index (χ1) is 11.1. The van der Waals surface area contributed by atoms with E-state index >= 15 is 0 Å². The van der Waals surface area contributed by atoms with E-state index in [2.05, 4.69) is 4.90 Å². The van der Waals surface area contributed by atoms with Crippen molar-refractivity contribution in [1.82, 2.24) is 9.80 Å². The summed E-state index contributed by atoms with van der Waals surface area (Å²) in [5, 5.41) is 0. The number of carbonyl (C=O) groups excluding carboxylic acids is 2. The van der Waals surface area contributed by atoms with E-state index < -0.39 is 5.91 Å². The van der Waals surface area contributed by atoms with Gasteiger partial charge in [0, 0.05) is 50.5 Å². The summed E-state index contributed by atoms with van der Waals surface area (Å²) in [6, 6.07) is 6.54. The molecule has 1 aromatic rings. The van der Waals surface area contributed by atoms with Crippen LogP contribution in [0.5, 0.6) is 0 Å². The second-order valence-corrected chi connectivity index (χ2v) is 6.17. The summed E-state index contributed by atoms with van der Waals surface area (Å²) in [4.78, 5) is 27.8. The fourth-order valence-corrected chi connectivity index (χ4v) is 3.17. The number of piperazine rings is 1. The van der Waals surface area contributed by atoms with Crippen molar-refractivity contribution in [3.63, 3.8) is 0 Å². The van der Waals surface area contributed by atoms with Crippen LogP contribution in [0, 0.1) is 0 Å². The maximum Gasteiger partial charge on any atom is 0.253 e. The van der Waals surface area contributed by atoms with Gasteiger partial charge in [-0.1, -0.05) is 0 Å². The van der Waals surface area contributed by atoms with Crippen LogP contribution in [0.4, 0.5) is 0 Å². The molecule has 2 fully saturated rings. The molecule has 1 aromatic carbocycles. The second-order valence-electron chi connectivity index (χ2n) is 6.17. The number of rotatable bonds is 4. The van der Waals surface area contributed by atoms with Gasteiger partial charge < -0.3 is 15.4 Å². The standard InChI is InChI=1S/C17H23N3O3/c18-16(21)13-3-5-14(6-4-13)17(22)20-9-7-19(8-10-20)12-15-2-1-11-23-15/h3-6,15H,1-2,7-12H2,(H2,18,21). The van der Waals surface area contributed by atoms with E-state index in [9.17, 15) is 9.59 Å². The lowest BCUT2D eigenvalue weighted by Gasteiger charge is -2.35. The molecule has 2 N–H and O–H groups in total. The van der Waals surface area contributed by atoms with Gasteiger partial charge in [0.05, 0.1) is 6.10 Å². The Kier molecular flexibility index (Phi) is 4.93. The SMILES string of the molecule is NC(=O)c1ccc(C(=O)N2CCN(CC3CCCO3)CC2)cc1. The molecule has 2 heterocycles. The molecule has 0 bridgehead atoms. The average Bonchev–Trinajstić information content (AvgIpc) is 3.08. The highest BCUT2D eigenvalue weighted by molar-refractivity contribution is 5.97. The fraction of sp³-hybridized carbons (Fsp3) is 0.529. The molecule has 6 nitrogen and oxygen atoms in total. The number of benzene rings is 1. The number of hydrogen-bond acceptors (Lipinski definition) is 4. The van der Waals surface area contributed by atoms with Crippen molar-refractivity contribution in [3.8, 4) is 0 Å². The summed E-state index contributed by atoms with van der Waals surface area (Å²) in [7, 11) is 0. The van der Waals surface area contributed by atoms with Crippen molar-refractivity contribution in [2.45, 2.75) is 18.9 Å². The van der Waals surface area contributed by atoms with Crippen molar-refractivity contribution in [2.24, 2.45) is 5.73 Å². The Morgan fingerprint density at radius 3 is 2.30 bits per heavy atom. The number of hydrogen-bond donors (Lipinski definition) is 1. The third-order valence-corrected chi connectivity index (χ3v) is 4.56. The highest BCUT2D eigenvalue weighted by atomic mass is 16.5. The minimum absolute atomic E-state index is 0.0118. The van der Waals surface area contributed by atoms with Crippen LogP contribution in [-0.4, -0.2) is 67.0 Å². The molecule has 1 unspecified atom stereocenters. The Morgan fingerprint density at radius 2 is 1.74 bits per heavy atom. The lowest BCUT2D eigenvalue weighted by Crippen LogP contribution is -2.50. The third-order valence-electron chi connectivity index (χ3n) is 4.56. The molecule has 0 aliphatic carbocycles. The molecule has 124 valence electrons. The number of primary amides is 1. The van der Waals surface area contributed by atoms with Gasteiger partial charge in [-0.05, 0) is 37.1 Å². The van der Waals surface area contributed by atoms with E-state index in [1.54, 1.807) is 24.3 Å². The number of nitrogens with zero attached hydrogens (tertiary/aromatic N) is 2. The van der Waals surface area contributed by atoms with Gasteiger partial charge in [0.25, 0.3) is 5.91 Å². The van der Waals surface area contributed by atoms with E-state index in [0.29, 0.717) is 17.2 Å². The van der Waals surface area contributed by atoms with Crippen LogP contribution in [0.25, 0.3) is 0 Å². The molecule has 6 heteroatoms. The first-order valence-electron chi connectivity index (χ1n) is 8.16. The molecule has 2 aliphatic rings. The van der Waals surface area contributed by atoms with Crippen molar-refractivity contribution in [2.75, 3.05) is 39.3 Å². The van der Waals surface area contributed by atoms with Gasteiger partial charge in [0.2, 0.25) is 5.91 Å². The lowest BCUT2D eigenvalue weighted by atomic mass is 10.1. The number of amides is 2. The van der Waals surface area contributed by atoms with Crippen molar-refractivity contribution in [1.29, 1.82) is 0 Å². The van der Waals surface area contributed by atoms with Crippen LogP contribution < -0.4 is 5.73 Å². The maximum absolute atomic E-state index is 12.5. The Bertz CT molecular complexity index is 559. The zero-order valence-electron chi connectivity index (χ0n) is 13.2. The van der Waals surface area contributed by atoms with E-state index in [1.807, 2.05) is 4.90 Å². The molecule has 2 aliphatic heterocycles. The molecule has 3 rings (SSSR count). The van der Waals surface area contributed by atoms with Gasteiger partial charge in [-0.3, -0.25) is 14.5 Å². The van der Waals surface area contributed by atoms with Gasteiger partial charge in [0.15, 0.2) is 0 Å². The van der Waals surface area contributed by atoms with Crippen molar-refractivity contribution < 1.29 is 14.3 Å². The van der Waals surface area contributed by atoms with E-state index in [-0.39, 0.29) is 5.91 Å². The van der Waals surface area contributed by atoms with Crippen molar-refractivity contribution in [3.05, 3.63) is 35.4 Å². The monoisotopic (exact) mass is 317 g/mol. The Hall–Kier alpha value is -1.92. The summed E-state index contributed by atoms with van der Waals surface area (Å²) in [5.74, 6) is -0.468. The Balaban J connectivity index is 1.52. The molecule has 2 amide bonds. The normalized spacial score (nSPS) is 22.3. The highest BCUT2D eigenvalue weighted by Crippen LogP contribution is 2.15. The predicted molar refractivity (Wildman–Crippen MR) is 86.3 cm³/mol. The summed E-state index contributed by atoms with van der Waals surface area (Å²) >= 11 is 0. The van der Waals surface area contributed by atoms with Crippen molar-refractivity contribution >= 4 is 11.8 Å². The van der Waals surface area contributed by atoms with Crippen LogP contribution in [0.15, 0.2) is 24.3 Å². The summed E-state index contributed by atoms with van der Waals surface area (Å²) in [6.07, 6.45) is 2.66. The fourth-order valence-electron chi connectivity index (χ4n) is 3.17. The van der Waals surface area contributed by atoms with Gasteiger partial charge in [-0.25, -0.2) is 0 Å². The Labute approximate surface area is 136 Å². The molecule has 2 saturated heterocycles. The van der Waals surface area contributed by atoms with Gasteiger partial charge in [-0.15, -0.1) is 0 Å². The van der Waals surface area contributed by atoms with Gasteiger partial charge in [-0.2, -0.15) is 0 Å². The third kappa shape index (κ3) is 3.89. The molecule has 0 saturated carbocycles. The molecule has 23 heavy (non-hydrogen) atoms. The second kappa shape index (κ2) is 7.10. The molecular formula is C17H23N3O3. The van der Waals surface area contributed by atoms with E-state index in [1.165, 1.54) is 0 Å². The number of nitrogens with two attached hydrogens (primary N) is 1. The highest BCUT2D eigenvalue weighted by Gasteiger charge is 2.25. The minimum atomic E-state index is -0.480. The topological polar surface area (TPSA) is 75.9 Å². The first kappa shape index (κ1) is 16.0. The summed E-state index contributed by atoms with van der Waals surface area (Å²) in [6.45, 7) is 5.06. The van der Waals surface area contributed by atoms with Crippen LogP contribution in [0.2, 0.25) is 0 Å². The molecule has 0 radical (unpaired) electrons.